The van der Waals surface area contributed by atoms with Gasteiger partial charge in [0.2, 0.25) is 0 Å². The lowest BCUT2D eigenvalue weighted by atomic mass is 10.1. The van der Waals surface area contributed by atoms with E-state index in [2.05, 4.69) is 15.2 Å². The monoisotopic (exact) mass is 175 g/mol. The number of nitrogens with zero attached hydrogens (tertiary/aromatic N) is 2. The highest BCUT2D eigenvalue weighted by Gasteiger charge is 2.02. The van der Waals surface area contributed by atoms with Crippen molar-refractivity contribution in [1.29, 1.82) is 0 Å². The Bertz CT molecular complexity index is 409. The topological polar surface area (TPSA) is 61.8 Å². The number of nitrogens with one attached hydrogen (secondary N) is 1. The van der Waals surface area contributed by atoms with Gasteiger partial charge in [-0.05, 0) is 13.0 Å². The molecule has 2 rings (SSSR count). The minimum atomic E-state index is 0.207. The van der Waals surface area contributed by atoms with E-state index in [1.807, 2.05) is 0 Å². The second-order valence-electron chi connectivity index (χ2n) is 2.82. The van der Waals surface area contributed by atoms with Crippen molar-refractivity contribution in [2.75, 3.05) is 0 Å². The lowest BCUT2D eigenvalue weighted by molar-refractivity contribution is 0.468. The molecule has 4 heteroatoms. The Morgan fingerprint density at radius 3 is 2.77 bits per heavy atom. The zero-order valence-electron chi connectivity index (χ0n) is 7.15. The molecule has 0 bridgehead atoms. The summed E-state index contributed by atoms with van der Waals surface area (Å²) in [6.07, 6.45) is 5.15. The summed E-state index contributed by atoms with van der Waals surface area (Å²) < 4.78 is 0. The number of hydrogen-bond acceptors (Lipinski definition) is 3. The molecule has 2 heterocycles. The van der Waals surface area contributed by atoms with Crippen LogP contribution >= 0.6 is 0 Å². The molecule has 2 aromatic rings. The van der Waals surface area contributed by atoms with Gasteiger partial charge in [-0.15, -0.1) is 0 Å². The number of pyridine rings is 1. The number of aromatic hydroxyl groups is 1. The minimum absolute atomic E-state index is 0.207. The normalized spacial score (nSPS) is 10.2. The number of H-pyrrole nitrogens is 1. The molecule has 66 valence electrons. The van der Waals surface area contributed by atoms with E-state index < -0.39 is 0 Å². The van der Waals surface area contributed by atoms with Crippen molar-refractivity contribution >= 4 is 0 Å². The van der Waals surface area contributed by atoms with Crippen molar-refractivity contribution in [3.63, 3.8) is 0 Å². The molecule has 2 N–H and O–H groups in total. The maximum Gasteiger partial charge on any atom is 0.137 e. The Labute approximate surface area is 75.3 Å². The van der Waals surface area contributed by atoms with E-state index in [0.29, 0.717) is 5.69 Å². The third-order valence-electron chi connectivity index (χ3n) is 1.89. The minimum Gasteiger partial charge on any atom is -0.506 e. The molecule has 0 aliphatic carbocycles. The number of aromatic nitrogens is 3. The SMILES string of the molecule is Cc1ncc(-c2cn[nH]c2)cc1O. The molecule has 0 saturated carbocycles. The summed E-state index contributed by atoms with van der Waals surface area (Å²) in [6, 6.07) is 1.67. The first-order chi connectivity index (χ1) is 6.27. The van der Waals surface area contributed by atoms with Gasteiger partial charge in [0.05, 0.1) is 11.9 Å². The maximum atomic E-state index is 9.41. The lowest BCUT2D eigenvalue weighted by Gasteiger charge is -1.99. The fourth-order valence-electron chi connectivity index (χ4n) is 1.09. The van der Waals surface area contributed by atoms with Crippen molar-refractivity contribution in [3.8, 4) is 16.9 Å². The molecule has 0 fully saturated rings. The van der Waals surface area contributed by atoms with Crippen LogP contribution < -0.4 is 0 Å². The zero-order valence-corrected chi connectivity index (χ0v) is 7.15. The number of aryl methyl sites for hydroxylation is 1. The van der Waals surface area contributed by atoms with Crippen LogP contribution in [0.4, 0.5) is 0 Å². The van der Waals surface area contributed by atoms with Gasteiger partial charge in [0, 0.05) is 23.5 Å². The third kappa shape index (κ3) is 1.38. The van der Waals surface area contributed by atoms with Gasteiger partial charge < -0.3 is 5.11 Å². The molecule has 2 aromatic heterocycles. The van der Waals surface area contributed by atoms with Crippen LogP contribution in [-0.2, 0) is 0 Å². The molecule has 0 aliphatic rings. The van der Waals surface area contributed by atoms with E-state index in [0.717, 1.165) is 11.1 Å². The smallest absolute Gasteiger partial charge is 0.137 e. The van der Waals surface area contributed by atoms with Crippen LogP contribution in [0.15, 0.2) is 24.7 Å². The number of aromatic amines is 1. The van der Waals surface area contributed by atoms with Gasteiger partial charge in [-0.3, -0.25) is 10.1 Å². The molecule has 0 amide bonds. The molecule has 0 radical (unpaired) electrons. The molecule has 0 saturated heterocycles. The molecule has 13 heavy (non-hydrogen) atoms. The van der Waals surface area contributed by atoms with E-state index >= 15 is 0 Å². The van der Waals surface area contributed by atoms with Gasteiger partial charge >= 0.3 is 0 Å². The second kappa shape index (κ2) is 2.90. The van der Waals surface area contributed by atoms with E-state index in [1.165, 1.54) is 0 Å². The zero-order chi connectivity index (χ0) is 9.26. The first-order valence-electron chi connectivity index (χ1n) is 3.92. The van der Waals surface area contributed by atoms with Gasteiger partial charge in [0.1, 0.15) is 5.75 Å². The molecular weight excluding hydrogens is 166 g/mol. The fourth-order valence-corrected chi connectivity index (χ4v) is 1.09. The van der Waals surface area contributed by atoms with Gasteiger partial charge in [-0.25, -0.2) is 0 Å². The summed E-state index contributed by atoms with van der Waals surface area (Å²) in [5, 5.41) is 15.9. The predicted octanol–water partition coefficient (Wildman–Crippen LogP) is 1.49. The first kappa shape index (κ1) is 7.79. The van der Waals surface area contributed by atoms with E-state index in [1.54, 1.807) is 31.6 Å². The maximum absolute atomic E-state index is 9.41. The summed E-state index contributed by atoms with van der Waals surface area (Å²) in [5.74, 6) is 0.207. The molecule has 0 spiro atoms. The van der Waals surface area contributed by atoms with Gasteiger partial charge in [0.25, 0.3) is 0 Å². The Kier molecular flexibility index (Phi) is 1.73. The van der Waals surface area contributed by atoms with Crippen LogP contribution in [0, 0.1) is 6.92 Å². The van der Waals surface area contributed by atoms with Gasteiger partial charge in [-0.2, -0.15) is 5.10 Å². The summed E-state index contributed by atoms with van der Waals surface area (Å²) >= 11 is 0. The second-order valence-corrected chi connectivity index (χ2v) is 2.82. The van der Waals surface area contributed by atoms with Crippen molar-refractivity contribution in [2.24, 2.45) is 0 Å². The Hall–Kier alpha value is -1.84. The van der Waals surface area contributed by atoms with Gasteiger partial charge in [-0.1, -0.05) is 0 Å². The summed E-state index contributed by atoms with van der Waals surface area (Å²) in [6.45, 7) is 1.76. The van der Waals surface area contributed by atoms with Crippen LogP contribution in [0.1, 0.15) is 5.69 Å². The largest absolute Gasteiger partial charge is 0.506 e. The lowest BCUT2D eigenvalue weighted by Crippen LogP contribution is -1.83. The van der Waals surface area contributed by atoms with Gasteiger partial charge in [0.15, 0.2) is 0 Å². The molecule has 0 atom stereocenters. The van der Waals surface area contributed by atoms with Crippen LogP contribution in [-0.4, -0.2) is 20.3 Å². The average Bonchev–Trinajstić information content (AvgIpc) is 2.62. The Morgan fingerprint density at radius 2 is 2.15 bits per heavy atom. The van der Waals surface area contributed by atoms with Crippen molar-refractivity contribution < 1.29 is 5.11 Å². The molecular formula is C9H9N3O. The molecule has 0 aliphatic heterocycles. The molecule has 0 aromatic carbocycles. The third-order valence-corrected chi connectivity index (χ3v) is 1.89. The Morgan fingerprint density at radius 1 is 1.31 bits per heavy atom. The highest BCUT2D eigenvalue weighted by Crippen LogP contribution is 2.22. The highest BCUT2D eigenvalue weighted by atomic mass is 16.3. The van der Waals surface area contributed by atoms with E-state index in [-0.39, 0.29) is 5.75 Å². The average molecular weight is 175 g/mol. The number of rotatable bonds is 1. The van der Waals surface area contributed by atoms with Crippen molar-refractivity contribution in [1.82, 2.24) is 15.2 Å². The van der Waals surface area contributed by atoms with Crippen LogP contribution in [0.2, 0.25) is 0 Å². The highest BCUT2D eigenvalue weighted by molar-refractivity contribution is 5.62. The standard InChI is InChI=1S/C9H9N3O/c1-6-9(13)2-7(3-10-6)8-4-11-12-5-8/h2-5,13H,1H3,(H,11,12). The summed E-state index contributed by atoms with van der Waals surface area (Å²) in [7, 11) is 0. The molecule has 0 unspecified atom stereocenters. The quantitative estimate of drug-likeness (QED) is 0.690. The van der Waals surface area contributed by atoms with Crippen molar-refractivity contribution in [3.05, 3.63) is 30.4 Å². The number of hydrogen-bond donors (Lipinski definition) is 2. The fraction of sp³-hybridized carbons (Fsp3) is 0.111. The summed E-state index contributed by atoms with van der Waals surface area (Å²) in [4.78, 5) is 4.04. The Balaban J connectivity index is 2.49. The first-order valence-corrected chi connectivity index (χ1v) is 3.92. The van der Waals surface area contributed by atoms with E-state index in [9.17, 15) is 5.11 Å². The van der Waals surface area contributed by atoms with Crippen LogP contribution in [0.3, 0.4) is 0 Å². The van der Waals surface area contributed by atoms with E-state index in [4.69, 9.17) is 0 Å². The van der Waals surface area contributed by atoms with Crippen LogP contribution in [0.5, 0.6) is 5.75 Å². The van der Waals surface area contributed by atoms with Crippen LogP contribution in [0.25, 0.3) is 11.1 Å². The predicted molar refractivity (Wildman–Crippen MR) is 48.2 cm³/mol. The summed E-state index contributed by atoms with van der Waals surface area (Å²) in [5.41, 5.74) is 2.41. The molecule has 4 nitrogen and oxygen atoms in total. The van der Waals surface area contributed by atoms with Crippen molar-refractivity contribution in [2.45, 2.75) is 6.92 Å².